The summed E-state index contributed by atoms with van der Waals surface area (Å²) < 4.78 is 12.0. The molecule has 0 amide bonds. The maximum absolute atomic E-state index is 6.35. The summed E-state index contributed by atoms with van der Waals surface area (Å²) in [5.41, 5.74) is 5.30. The van der Waals surface area contributed by atoms with E-state index in [-0.39, 0.29) is 6.10 Å². The molecule has 0 bridgehead atoms. The van der Waals surface area contributed by atoms with Crippen molar-refractivity contribution < 1.29 is 9.26 Å². The van der Waals surface area contributed by atoms with Crippen LogP contribution in [0.2, 0.25) is 5.02 Å². The molecule has 0 fully saturated rings. The number of aromatic nitrogens is 2. The van der Waals surface area contributed by atoms with E-state index in [0.717, 1.165) is 65.4 Å². The summed E-state index contributed by atoms with van der Waals surface area (Å²) in [5.74, 6) is 1.70. The Hall–Kier alpha value is -2.37. The van der Waals surface area contributed by atoms with Gasteiger partial charge in [0.1, 0.15) is 5.75 Å². The molecule has 0 radical (unpaired) electrons. The molecular formula is C19H16ClN3O2. The number of pyridine rings is 1. The molecule has 2 aromatic heterocycles. The minimum absolute atomic E-state index is 0.162. The molecule has 126 valence electrons. The zero-order valence-electron chi connectivity index (χ0n) is 13.5. The Morgan fingerprint density at radius 3 is 2.96 bits per heavy atom. The van der Waals surface area contributed by atoms with E-state index in [2.05, 4.69) is 15.5 Å². The second kappa shape index (κ2) is 5.86. The van der Waals surface area contributed by atoms with Crippen molar-refractivity contribution in [3.8, 4) is 16.9 Å². The van der Waals surface area contributed by atoms with Crippen LogP contribution in [0.25, 0.3) is 11.1 Å². The molecule has 6 heteroatoms. The summed E-state index contributed by atoms with van der Waals surface area (Å²) in [4.78, 5) is 4.09. The molecule has 1 aromatic carbocycles. The van der Waals surface area contributed by atoms with Gasteiger partial charge in [-0.15, -0.1) is 0 Å². The van der Waals surface area contributed by atoms with Gasteiger partial charge in [0.25, 0.3) is 0 Å². The number of nitrogens with one attached hydrogen (secondary N) is 1. The number of benzene rings is 1. The van der Waals surface area contributed by atoms with Crippen molar-refractivity contribution in [1.82, 2.24) is 15.5 Å². The fourth-order valence-electron chi connectivity index (χ4n) is 3.63. The van der Waals surface area contributed by atoms with Gasteiger partial charge in [0, 0.05) is 60.0 Å². The molecule has 5 rings (SSSR count). The Kier molecular flexibility index (Phi) is 3.50. The molecular weight excluding hydrogens is 338 g/mol. The Labute approximate surface area is 150 Å². The molecule has 0 saturated carbocycles. The predicted molar refractivity (Wildman–Crippen MR) is 93.7 cm³/mol. The third-order valence-corrected chi connectivity index (χ3v) is 5.04. The average molecular weight is 354 g/mol. The van der Waals surface area contributed by atoms with Crippen LogP contribution in [0, 0.1) is 0 Å². The molecule has 1 atom stereocenters. The lowest BCUT2D eigenvalue weighted by Crippen LogP contribution is -2.24. The number of halogens is 1. The molecule has 5 nitrogen and oxygen atoms in total. The first-order valence-electron chi connectivity index (χ1n) is 8.37. The highest BCUT2D eigenvalue weighted by molar-refractivity contribution is 6.31. The van der Waals surface area contributed by atoms with Gasteiger partial charge >= 0.3 is 0 Å². The first kappa shape index (κ1) is 14.9. The Balaban J connectivity index is 1.55. The van der Waals surface area contributed by atoms with Crippen LogP contribution in [0.5, 0.6) is 5.75 Å². The second-order valence-electron chi connectivity index (χ2n) is 6.39. The van der Waals surface area contributed by atoms with Crippen LogP contribution in [-0.2, 0) is 19.4 Å². The van der Waals surface area contributed by atoms with E-state index in [1.165, 1.54) is 0 Å². The van der Waals surface area contributed by atoms with Crippen LogP contribution < -0.4 is 10.1 Å². The maximum Gasteiger partial charge on any atom is 0.182 e. The monoisotopic (exact) mass is 353 g/mol. The minimum Gasteiger partial charge on any atom is -0.481 e. The van der Waals surface area contributed by atoms with Gasteiger partial charge in [-0.1, -0.05) is 16.8 Å². The zero-order valence-corrected chi connectivity index (χ0v) is 14.2. The maximum atomic E-state index is 6.35. The predicted octanol–water partition coefficient (Wildman–Crippen LogP) is 3.71. The number of rotatable bonds is 2. The van der Waals surface area contributed by atoms with Crippen molar-refractivity contribution in [3.63, 3.8) is 0 Å². The zero-order chi connectivity index (χ0) is 16.8. The molecule has 1 unspecified atom stereocenters. The summed E-state index contributed by atoms with van der Waals surface area (Å²) in [5, 5.41) is 8.31. The lowest BCUT2D eigenvalue weighted by molar-refractivity contribution is 0.189. The van der Waals surface area contributed by atoms with Crippen LogP contribution in [0.4, 0.5) is 0 Å². The normalized spacial score (nSPS) is 18.5. The van der Waals surface area contributed by atoms with Gasteiger partial charge in [0.05, 0.1) is 5.69 Å². The third kappa shape index (κ3) is 2.51. The molecule has 0 spiro atoms. The Morgan fingerprint density at radius 2 is 2.08 bits per heavy atom. The number of fused-ring (bicyclic) bond motifs is 2. The van der Waals surface area contributed by atoms with Gasteiger partial charge in [0.15, 0.2) is 11.9 Å². The Bertz CT molecular complexity index is 939. The van der Waals surface area contributed by atoms with Gasteiger partial charge in [-0.2, -0.15) is 0 Å². The van der Waals surface area contributed by atoms with Gasteiger partial charge in [-0.25, -0.2) is 0 Å². The first-order valence-corrected chi connectivity index (χ1v) is 8.75. The SMILES string of the molecule is Clc1cc2c(c(-c3ccncc3)c1)OC(c1onc3c1CNCC3)C2. The fraction of sp³-hybridized carbons (Fsp3) is 0.263. The number of hydrogen-bond donors (Lipinski definition) is 1. The van der Waals surface area contributed by atoms with Crippen LogP contribution >= 0.6 is 11.6 Å². The van der Waals surface area contributed by atoms with Gasteiger partial charge in [-0.3, -0.25) is 4.98 Å². The second-order valence-corrected chi connectivity index (χ2v) is 6.82. The van der Waals surface area contributed by atoms with Gasteiger partial charge in [0.2, 0.25) is 0 Å². The highest BCUT2D eigenvalue weighted by Crippen LogP contribution is 2.45. The van der Waals surface area contributed by atoms with Crippen molar-refractivity contribution in [3.05, 3.63) is 64.3 Å². The van der Waals surface area contributed by atoms with Crippen molar-refractivity contribution in [1.29, 1.82) is 0 Å². The standard InChI is InChI=1S/C19H16ClN3O2/c20-13-7-12-8-17(19-15-10-22-6-3-16(15)23-25-19)24-18(12)14(9-13)11-1-4-21-5-2-11/h1-2,4-5,7,9,17,22H,3,6,8,10H2. The van der Waals surface area contributed by atoms with E-state index in [1.54, 1.807) is 12.4 Å². The molecule has 1 N–H and O–H groups in total. The number of hydrogen-bond acceptors (Lipinski definition) is 5. The summed E-state index contributed by atoms with van der Waals surface area (Å²) >= 11 is 6.35. The summed E-state index contributed by atoms with van der Waals surface area (Å²) in [6.07, 6.45) is 5.01. The minimum atomic E-state index is -0.162. The third-order valence-electron chi connectivity index (χ3n) is 4.82. The molecule has 0 saturated heterocycles. The van der Waals surface area contributed by atoms with Crippen LogP contribution in [0.1, 0.15) is 28.7 Å². The van der Waals surface area contributed by atoms with E-state index in [0.29, 0.717) is 5.02 Å². The summed E-state index contributed by atoms with van der Waals surface area (Å²) in [6.45, 7) is 1.72. The molecule has 2 aliphatic heterocycles. The molecule has 3 aromatic rings. The highest BCUT2D eigenvalue weighted by atomic mass is 35.5. The number of ether oxygens (including phenoxy) is 1. The van der Waals surface area contributed by atoms with Gasteiger partial charge in [-0.05, 0) is 29.8 Å². The highest BCUT2D eigenvalue weighted by Gasteiger charge is 2.34. The lowest BCUT2D eigenvalue weighted by atomic mass is 9.99. The van der Waals surface area contributed by atoms with Crippen molar-refractivity contribution in [2.45, 2.75) is 25.5 Å². The quantitative estimate of drug-likeness (QED) is 0.761. The van der Waals surface area contributed by atoms with E-state index < -0.39 is 0 Å². The van der Waals surface area contributed by atoms with E-state index >= 15 is 0 Å². The number of nitrogens with zero attached hydrogens (tertiary/aromatic N) is 2. The average Bonchev–Trinajstić information content (AvgIpc) is 3.25. The smallest absolute Gasteiger partial charge is 0.182 e. The molecule has 2 aliphatic rings. The lowest BCUT2D eigenvalue weighted by Gasteiger charge is -2.14. The van der Waals surface area contributed by atoms with Crippen LogP contribution in [-0.4, -0.2) is 16.7 Å². The van der Waals surface area contributed by atoms with Crippen molar-refractivity contribution in [2.24, 2.45) is 0 Å². The van der Waals surface area contributed by atoms with Crippen molar-refractivity contribution >= 4 is 11.6 Å². The van der Waals surface area contributed by atoms with Crippen LogP contribution in [0.15, 0.2) is 41.2 Å². The van der Waals surface area contributed by atoms with E-state index in [4.69, 9.17) is 20.9 Å². The molecule has 4 heterocycles. The van der Waals surface area contributed by atoms with Crippen LogP contribution in [0.3, 0.4) is 0 Å². The fourth-order valence-corrected chi connectivity index (χ4v) is 3.87. The largest absolute Gasteiger partial charge is 0.481 e. The van der Waals surface area contributed by atoms with Gasteiger partial charge < -0.3 is 14.6 Å². The topological polar surface area (TPSA) is 60.2 Å². The first-order chi connectivity index (χ1) is 12.3. The van der Waals surface area contributed by atoms with Crippen molar-refractivity contribution in [2.75, 3.05) is 6.54 Å². The van der Waals surface area contributed by atoms with E-state index in [9.17, 15) is 0 Å². The Morgan fingerprint density at radius 1 is 1.20 bits per heavy atom. The summed E-state index contributed by atoms with van der Waals surface area (Å²) in [6, 6.07) is 7.84. The molecule has 25 heavy (non-hydrogen) atoms. The summed E-state index contributed by atoms with van der Waals surface area (Å²) in [7, 11) is 0. The van der Waals surface area contributed by atoms with E-state index in [1.807, 2.05) is 24.3 Å². The molecule has 0 aliphatic carbocycles.